The molecule has 0 atom stereocenters. The lowest BCUT2D eigenvalue weighted by Gasteiger charge is -2.02. The second kappa shape index (κ2) is 6.63. The smallest absolute Gasteiger partial charge is 0.234 e. The maximum Gasteiger partial charge on any atom is 0.298 e. The van der Waals surface area contributed by atoms with Gasteiger partial charge in [0.15, 0.2) is 6.20 Å². The van der Waals surface area contributed by atoms with Gasteiger partial charge in [-0.05, 0) is 6.42 Å². The Morgan fingerprint density at radius 2 is 1.86 bits per heavy atom. The van der Waals surface area contributed by atoms with Crippen LogP contribution in [0.2, 0.25) is 0 Å². The van der Waals surface area contributed by atoms with Crippen LogP contribution in [0.3, 0.4) is 0 Å². The molecule has 0 amide bonds. The van der Waals surface area contributed by atoms with Crippen LogP contribution in [-0.2, 0) is 0 Å². The molecule has 1 rings (SSSR count). The lowest BCUT2D eigenvalue weighted by molar-refractivity contribution is 0.599. The minimum atomic E-state index is 1.13. The van der Waals surface area contributed by atoms with Crippen molar-refractivity contribution in [1.29, 1.82) is 0 Å². The van der Waals surface area contributed by atoms with Crippen LogP contribution in [0.4, 0.5) is 0 Å². The largest absolute Gasteiger partial charge is 0.298 e. The summed E-state index contributed by atoms with van der Waals surface area (Å²) >= 11 is 0. The highest BCUT2D eigenvalue weighted by molar-refractivity contribution is 5.83. The van der Waals surface area contributed by atoms with E-state index in [2.05, 4.69) is 23.9 Å². The first kappa shape index (κ1) is 11.3. The van der Waals surface area contributed by atoms with Gasteiger partial charge in [-0.1, -0.05) is 44.0 Å². The molecule has 0 saturated carbocycles. The number of hydrogen-bond acceptors (Lipinski definition) is 2. The van der Waals surface area contributed by atoms with E-state index in [-0.39, 0.29) is 0 Å². The summed E-state index contributed by atoms with van der Waals surface area (Å²) in [5.74, 6) is 1.22. The minimum absolute atomic E-state index is 1.13. The summed E-state index contributed by atoms with van der Waals surface area (Å²) < 4.78 is 0. The van der Waals surface area contributed by atoms with Gasteiger partial charge in [-0.15, -0.1) is 0 Å². The first-order chi connectivity index (χ1) is 6.84. The molecule has 0 unspecified atom stereocenters. The second-order valence-corrected chi connectivity index (χ2v) is 3.97. The molecule has 1 radical (unpaired) electrons. The molecule has 79 valence electrons. The molecule has 0 N–H and O–H groups in total. The van der Waals surface area contributed by atoms with Crippen LogP contribution in [0.5, 0.6) is 0 Å². The van der Waals surface area contributed by atoms with Gasteiger partial charge in [0.2, 0.25) is 0 Å². The summed E-state index contributed by atoms with van der Waals surface area (Å²) in [6.07, 6.45) is 13.2. The fraction of sp³-hybridized carbons (Fsp3) is 0.750. The molecule has 0 aliphatic carbocycles. The Labute approximate surface area is 87.7 Å². The zero-order valence-corrected chi connectivity index (χ0v) is 9.50. The van der Waals surface area contributed by atoms with Gasteiger partial charge in [0.1, 0.15) is 6.20 Å². The van der Waals surface area contributed by atoms with Gasteiger partial charge in [-0.3, -0.25) is 0 Å². The van der Waals surface area contributed by atoms with Crippen LogP contribution in [0.25, 0.3) is 0 Å². The van der Waals surface area contributed by atoms with Crippen LogP contribution in [0, 0.1) is 0 Å². The Morgan fingerprint density at radius 3 is 2.50 bits per heavy atom. The molecule has 0 fully saturated rings. The van der Waals surface area contributed by atoms with Crippen molar-refractivity contribution >= 4 is 5.84 Å². The van der Waals surface area contributed by atoms with Crippen LogP contribution < -0.4 is 4.99 Å². The van der Waals surface area contributed by atoms with Crippen molar-refractivity contribution in [1.82, 2.24) is 9.89 Å². The van der Waals surface area contributed by atoms with Crippen LogP contribution in [-0.4, -0.2) is 17.8 Å². The Morgan fingerprint density at radius 1 is 1.14 bits per heavy atom. The Bertz CT molecular complexity index is 206. The third kappa shape index (κ3) is 3.95. The molecule has 2 heteroatoms. The summed E-state index contributed by atoms with van der Waals surface area (Å²) in [5, 5.41) is 0. The normalized spacial score (nSPS) is 15.0. The van der Waals surface area contributed by atoms with E-state index in [4.69, 9.17) is 0 Å². The number of hydrogen-bond donors (Lipinski definition) is 0. The maximum atomic E-state index is 4.31. The molecule has 0 saturated heterocycles. The third-order valence-electron chi connectivity index (χ3n) is 2.67. The minimum Gasteiger partial charge on any atom is -0.234 e. The number of nitrogens with zero attached hydrogens (tertiary/aromatic N) is 2. The van der Waals surface area contributed by atoms with Crippen LogP contribution in [0.15, 0.2) is 12.4 Å². The van der Waals surface area contributed by atoms with E-state index in [1.807, 2.05) is 12.4 Å². The van der Waals surface area contributed by atoms with E-state index in [1.165, 1.54) is 44.4 Å². The molecule has 0 aromatic rings. The Balaban J connectivity index is 1.94. The fourth-order valence-corrected chi connectivity index (χ4v) is 1.70. The quantitative estimate of drug-likeness (QED) is 0.570. The van der Waals surface area contributed by atoms with Crippen molar-refractivity contribution in [3.05, 3.63) is 12.4 Å². The number of unbranched alkanes of at least 4 members (excludes halogenated alkanes) is 5. The highest BCUT2D eigenvalue weighted by atomic mass is 15.2. The molecule has 0 spiro atoms. The molecule has 1 aliphatic heterocycles. The monoisotopic (exact) mass is 194 g/mol. The SMILES string of the molecule is CCCCCCCCC1=[N+]C=CN1C. The second-order valence-electron chi connectivity index (χ2n) is 3.97. The van der Waals surface area contributed by atoms with E-state index in [0.717, 1.165) is 6.42 Å². The zero-order valence-electron chi connectivity index (χ0n) is 9.50. The zero-order chi connectivity index (χ0) is 10.2. The first-order valence-electron chi connectivity index (χ1n) is 5.80. The fourth-order valence-electron chi connectivity index (χ4n) is 1.70. The van der Waals surface area contributed by atoms with Crippen molar-refractivity contribution in [2.45, 2.75) is 51.9 Å². The molecule has 0 aromatic heterocycles. The molecule has 1 heterocycles. The van der Waals surface area contributed by atoms with E-state index in [9.17, 15) is 0 Å². The number of aliphatic imine (C=N–C) groups is 1. The van der Waals surface area contributed by atoms with Gasteiger partial charge in [-0.25, -0.2) is 4.90 Å². The Kier molecular flexibility index (Phi) is 5.35. The van der Waals surface area contributed by atoms with Gasteiger partial charge in [-0.2, -0.15) is 0 Å². The summed E-state index contributed by atoms with van der Waals surface area (Å²) in [5.41, 5.74) is 0. The van der Waals surface area contributed by atoms with E-state index in [0.29, 0.717) is 0 Å². The van der Waals surface area contributed by atoms with Gasteiger partial charge >= 0.3 is 0 Å². The molecule has 0 aromatic carbocycles. The highest BCUT2D eigenvalue weighted by Crippen LogP contribution is 2.09. The van der Waals surface area contributed by atoms with Gasteiger partial charge in [0.25, 0.3) is 5.84 Å². The molecule has 0 bridgehead atoms. The van der Waals surface area contributed by atoms with Crippen LogP contribution >= 0.6 is 0 Å². The van der Waals surface area contributed by atoms with E-state index >= 15 is 0 Å². The van der Waals surface area contributed by atoms with Gasteiger partial charge < -0.3 is 0 Å². The maximum absolute atomic E-state index is 4.31. The van der Waals surface area contributed by atoms with E-state index < -0.39 is 0 Å². The molecule has 14 heavy (non-hydrogen) atoms. The average molecular weight is 194 g/mol. The molecular weight excluding hydrogens is 172 g/mol. The van der Waals surface area contributed by atoms with Gasteiger partial charge in [0, 0.05) is 0 Å². The highest BCUT2D eigenvalue weighted by Gasteiger charge is 2.17. The van der Waals surface area contributed by atoms with Crippen molar-refractivity contribution in [2.24, 2.45) is 0 Å². The Hall–Kier alpha value is -0.790. The number of rotatable bonds is 7. The van der Waals surface area contributed by atoms with E-state index in [1.54, 1.807) is 0 Å². The summed E-state index contributed by atoms with van der Waals surface area (Å²) in [4.78, 5) is 6.43. The van der Waals surface area contributed by atoms with Crippen molar-refractivity contribution in [3.8, 4) is 0 Å². The van der Waals surface area contributed by atoms with Gasteiger partial charge in [0.05, 0.1) is 13.5 Å². The lowest BCUT2D eigenvalue weighted by Crippen LogP contribution is -2.19. The predicted molar refractivity (Wildman–Crippen MR) is 62.0 cm³/mol. The summed E-state index contributed by atoms with van der Waals surface area (Å²) in [7, 11) is 2.07. The van der Waals surface area contributed by atoms with Crippen LogP contribution in [0.1, 0.15) is 51.9 Å². The molecule has 2 nitrogen and oxygen atoms in total. The topological polar surface area (TPSA) is 17.3 Å². The molecule has 1 aliphatic rings. The third-order valence-corrected chi connectivity index (χ3v) is 2.67. The average Bonchev–Trinajstić information content (AvgIpc) is 2.58. The van der Waals surface area contributed by atoms with Crippen molar-refractivity contribution in [2.75, 3.05) is 7.05 Å². The lowest BCUT2D eigenvalue weighted by atomic mass is 10.1. The summed E-state index contributed by atoms with van der Waals surface area (Å²) in [6.45, 7) is 2.26. The van der Waals surface area contributed by atoms with Crippen molar-refractivity contribution in [3.63, 3.8) is 0 Å². The standard InChI is InChI=1S/C12H22N2/c1-3-4-5-6-7-8-9-12-13-10-11-14(12)2/h10-11H,3-9H2,1-2H3/q+1. The number of amidine groups is 1. The first-order valence-corrected chi connectivity index (χ1v) is 5.80. The molecular formula is C12H22N2+. The van der Waals surface area contributed by atoms with Crippen molar-refractivity contribution < 1.29 is 0 Å². The predicted octanol–water partition coefficient (Wildman–Crippen LogP) is 2.89. The summed E-state index contributed by atoms with van der Waals surface area (Å²) in [6, 6.07) is 0.